The molecule has 1 N–H and O–H groups in total. The molecule has 2 aromatic heterocycles. The molecule has 1 amide bonds. The first kappa shape index (κ1) is 20.3. The van der Waals surface area contributed by atoms with Crippen molar-refractivity contribution >= 4 is 39.5 Å². The van der Waals surface area contributed by atoms with Crippen molar-refractivity contribution in [3.05, 3.63) is 58.9 Å². The van der Waals surface area contributed by atoms with Gasteiger partial charge in [0.05, 0.1) is 0 Å². The zero-order chi connectivity index (χ0) is 21.5. The zero-order valence-electron chi connectivity index (χ0n) is 16.9. The highest BCUT2D eigenvalue weighted by Crippen LogP contribution is 2.29. The van der Waals surface area contributed by atoms with Gasteiger partial charge in [0.15, 0.2) is 11.4 Å². The van der Waals surface area contributed by atoms with Gasteiger partial charge >= 0.3 is 0 Å². The van der Waals surface area contributed by atoms with Gasteiger partial charge in [-0.15, -0.1) is 10.2 Å². The van der Waals surface area contributed by atoms with Crippen LogP contribution in [-0.2, 0) is 4.79 Å². The quantitative estimate of drug-likeness (QED) is 0.475. The zero-order valence-corrected chi connectivity index (χ0v) is 18.5. The number of halogens is 1. The van der Waals surface area contributed by atoms with Gasteiger partial charge in [-0.2, -0.15) is 9.61 Å². The van der Waals surface area contributed by atoms with Crippen LogP contribution in [-0.4, -0.2) is 31.3 Å². The molecule has 0 unspecified atom stereocenters. The van der Waals surface area contributed by atoms with Gasteiger partial charge in [0.1, 0.15) is 10.8 Å². The van der Waals surface area contributed by atoms with Crippen LogP contribution in [0.2, 0.25) is 5.02 Å². The molecule has 0 aliphatic carbocycles. The largest absolute Gasteiger partial charge is 0.478 e. The van der Waals surface area contributed by atoms with E-state index in [0.717, 1.165) is 32.6 Å². The summed E-state index contributed by atoms with van der Waals surface area (Å²) in [6.07, 6.45) is 0. The third-order valence-electron chi connectivity index (χ3n) is 4.60. The van der Waals surface area contributed by atoms with Crippen LogP contribution < -0.4 is 10.1 Å². The number of hydrogen-bond donors (Lipinski definition) is 1. The number of amides is 1. The molecule has 0 spiro atoms. The van der Waals surface area contributed by atoms with E-state index in [1.807, 2.05) is 32.0 Å². The highest BCUT2D eigenvalue weighted by atomic mass is 35.5. The molecule has 0 aliphatic heterocycles. The van der Waals surface area contributed by atoms with E-state index >= 15 is 0 Å². The topological polar surface area (TPSA) is 81.4 Å². The van der Waals surface area contributed by atoms with Crippen LogP contribution in [0.3, 0.4) is 0 Å². The summed E-state index contributed by atoms with van der Waals surface area (Å²) in [5.41, 5.74) is 1.53. The standard InChI is InChI=1S/C21H20ClN5O2S/c1-12-11-14(18-26-27-13(2)24-25-20(27)30-18)5-10-17(12)23-19(28)21(3,4)29-16-8-6-15(22)7-9-16/h5-11H,1-4H3,(H,23,28). The van der Waals surface area contributed by atoms with Gasteiger partial charge in [0.25, 0.3) is 5.91 Å². The van der Waals surface area contributed by atoms with Crippen LogP contribution in [0.15, 0.2) is 42.5 Å². The van der Waals surface area contributed by atoms with Crippen LogP contribution in [0.25, 0.3) is 15.5 Å². The molecule has 0 saturated carbocycles. The Morgan fingerprint density at radius 2 is 1.87 bits per heavy atom. The fourth-order valence-corrected chi connectivity index (χ4v) is 3.89. The second-order valence-corrected chi connectivity index (χ2v) is 8.79. The highest BCUT2D eigenvalue weighted by molar-refractivity contribution is 7.19. The lowest BCUT2D eigenvalue weighted by Crippen LogP contribution is -2.42. The van der Waals surface area contributed by atoms with E-state index in [1.54, 1.807) is 42.6 Å². The maximum absolute atomic E-state index is 12.8. The minimum atomic E-state index is -1.07. The molecule has 0 radical (unpaired) electrons. The van der Waals surface area contributed by atoms with Crippen LogP contribution in [0.4, 0.5) is 5.69 Å². The summed E-state index contributed by atoms with van der Waals surface area (Å²) in [7, 11) is 0. The lowest BCUT2D eigenvalue weighted by atomic mass is 10.1. The van der Waals surface area contributed by atoms with Crippen LogP contribution in [0.5, 0.6) is 5.75 Å². The molecular formula is C21H20ClN5O2S. The predicted molar refractivity (Wildman–Crippen MR) is 118 cm³/mol. The van der Waals surface area contributed by atoms with E-state index in [-0.39, 0.29) is 5.91 Å². The first-order valence-electron chi connectivity index (χ1n) is 9.29. The Morgan fingerprint density at radius 1 is 1.13 bits per heavy atom. The summed E-state index contributed by atoms with van der Waals surface area (Å²) in [6, 6.07) is 12.7. The summed E-state index contributed by atoms with van der Waals surface area (Å²) < 4.78 is 7.59. The van der Waals surface area contributed by atoms with Crippen molar-refractivity contribution in [3.8, 4) is 16.3 Å². The Hall–Kier alpha value is -2.97. The monoisotopic (exact) mass is 441 g/mol. The molecule has 4 rings (SSSR count). The third kappa shape index (κ3) is 4.01. The van der Waals surface area contributed by atoms with Gasteiger partial charge < -0.3 is 10.1 Å². The normalized spacial score (nSPS) is 11.6. The summed E-state index contributed by atoms with van der Waals surface area (Å²) in [5, 5.41) is 17.1. The molecule has 30 heavy (non-hydrogen) atoms. The molecule has 154 valence electrons. The number of carbonyl (C=O) groups excluding carboxylic acids is 1. The van der Waals surface area contributed by atoms with Gasteiger partial charge in [-0.25, -0.2) is 0 Å². The molecule has 0 bridgehead atoms. The first-order valence-corrected chi connectivity index (χ1v) is 10.5. The SMILES string of the molecule is Cc1cc(-c2nn3c(C)nnc3s2)ccc1NC(=O)C(C)(C)Oc1ccc(Cl)cc1. The lowest BCUT2D eigenvalue weighted by Gasteiger charge is -2.25. The molecule has 2 heterocycles. The number of aromatic nitrogens is 4. The van der Waals surface area contributed by atoms with Crippen molar-refractivity contribution < 1.29 is 9.53 Å². The number of nitrogens with zero attached hydrogens (tertiary/aromatic N) is 4. The number of nitrogens with one attached hydrogen (secondary N) is 1. The average molecular weight is 442 g/mol. The van der Waals surface area contributed by atoms with Crippen molar-refractivity contribution in [2.24, 2.45) is 0 Å². The Kier molecular flexibility index (Phi) is 5.21. The Bertz CT molecular complexity index is 1230. The van der Waals surface area contributed by atoms with Gasteiger partial charge in [0, 0.05) is 16.3 Å². The maximum atomic E-state index is 12.8. The number of rotatable bonds is 5. The highest BCUT2D eigenvalue weighted by Gasteiger charge is 2.30. The predicted octanol–water partition coefficient (Wildman–Crippen LogP) is 4.92. The molecule has 0 aliphatic rings. The van der Waals surface area contributed by atoms with E-state index in [1.165, 1.54) is 11.3 Å². The van der Waals surface area contributed by atoms with Crippen molar-refractivity contribution in [2.75, 3.05) is 5.32 Å². The number of carbonyl (C=O) groups is 1. The molecule has 9 heteroatoms. The maximum Gasteiger partial charge on any atom is 0.267 e. The van der Waals surface area contributed by atoms with Crippen molar-refractivity contribution in [1.29, 1.82) is 0 Å². The van der Waals surface area contributed by atoms with E-state index in [0.29, 0.717) is 10.8 Å². The summed E-state index contributed by atoms with van der Waals surface area (Å²) in [5.74, 6) is 1.07. The number of fused-ring (bicyclic) bond motifs is 1. The van der Waals surface area contributed by atoms with E-state index in [4.69, 9.17) is 16.3 Å². The number of ether oxygens (including phenoxy) is 1. The van der Waals surface area contributed by atoms with E-state index < -0.39 is 5.60 Å². The van der Waals surface area contributed by atoms with Gasteiger partial charge in [-0.05, 0) is 75.7 Å². The summed E-state index contributed by atoms with van der Waals surface area (Å²) >= 11 is 7.37. The summed E-state index contributed by atoms with van der Waals surface area (Å²) in [4.78, 5) is 13.6. The number of aryl methyl sites for hydroxylation is 2. The smallest absolute Gasteiger partial charge is 0.267 e. The molecule has 4 aromatic rings. The Balaban J connectivity index is 1.51. The molecule has 7 nitrogen and oxygen atoms in total. The third-order valence-corrected chi connectivity index (χ3v) is 5.80. The first-order chi connectivity index (χ1) is 14.2. The van der Waals surface area contributed by atoms with E-state index in [2.05, 4.69) is 20.6 Å². The average Bonchev–Trinajstić information content (AvgIpc) is 3.27. The van der Waals surface area contributed by atoms with Crippen LogP contribution in [0.1, 0.15) is 25.2 Å². The van der Waals surface area contributed by atoms with Crippen LogP contribution >= 0.6 is 22.9 Å². The van der Waals surface area contributed by atoms with Crippen molar-refractivity contribution in [3.63, 3.8) is 0 Å². The molecular weight excluding hydrogens is 422 g/mol. The minimum absolute atomic E-state index is 0.247. The summed E-state index contributed by atoms with van der Waals surface area (Å²) in [6.45, 7) is 7.25. The number of benzene rings is 2. The fourth-order valence-electron chi connectivity index (χ4n) is 2.88. The Labute approximate surface area is 182 Å². The molecule has 2 aromatic carbocycles. The Morgan fingerprint density at radius 3 is 2.53 bits per heavy atom. The van der Waals surface area contributed by atoms with E-state index in [9.17, 15) is 4.79 Å². The fraction of sp³-hybridized carbons (Fsp3) is 0.238. The van der Waals surface area contributed by atoms with Crippen molar-refractivity contribution in [1.82, 2.24) is 19.8 Å². The molecule has 0 fully saturated rings. The van der Waals surface area contributed by atoms with Gasteiger partial charge in [0.2, 0.25) is 4.96 Å². The van der Waals surface area contributed by atoms with Gasteiger partial charge in [-0.3, -0.25) is 4.79 Å². The molecule has 0 saturated heterocycles. The van der Waals surface area contributed by atoms with Crippen molar-refractivity contribution in [2.45, 2.75) is 33.3 Å². The second kappa shape index (κ2) is 7.70. The van der Waals surface area contributed by atoms with Crippen LogP contribution in [0, 0.1) is 13.8 Å². The molecule has 0 atom stereocenters. The van der Waals surface area contributed by atoms with Gasteiger partial charge in [-0.1, -0.05) is 22.9 Å². The number of hydrogen-bond acceptors (Lipinski definition) is 6. The number of anilines is 1. The second-order valence-electron chi connectivity index (χ2n) is 7.40. The minimum Gasteiger partial charge on any atom is -0.478 e. The lowest BCUT2D eigenvalue weighted by molar-refractivity contribution is -0.128.